The van der Waals surface area contributed by atoms with Gasteiger partial charge in [0.25, 0.3) is 0 Å². The molecule has 1 aliphatic heterocycles. The van der Waals surface area contributed by atoms with Gasteiger partial charge in [-0.3, -0.25) is 0 Å². The highest BCUT2D eigenvalue weighted by molar-refractivity contribution is 6.02. The molecule has 2 atom stereocenters. The lowest BCUT2D eigenvalue weighted by atomic mass is 9.82. The fourth-order valence-electron chi connectivity index (χ4n) is 3.26. The largest absolute Gasteiger partial charge is 0.458 e. The van der Waals surface area contributed by atoms with Gasteiger partial charge in [0.05, 0.1) is 6.10 Å². The fraction of sp³-hybridized carbons (Fsp3) is 0.444. The molecule has 3 rings (SSSR count). The van der Waals surface area contributed by atoms with Crippen molar-refractivity contribution in [3.8, 4) is 0 Å². The van der Waals surface area contributed by atoms with E-state index in [4.69, 9.17) is 9.47 Å². The quantitative estimate of drug-likeness (QED) is 0.505. The predicted octanol–water partition coefficient (Wildman–Crippen LogP) is 2.71. The van der Waals surface area contributed by atoms with Crippen molar-refractivity contribution in [3.05, 3.63) is 47.2 Å². The first kappa shape index (κ1) is 16.5. The van der Waals surface area contributed by atoms with Crippen LogP contribution >= 0.6 is 0 Å². The molecule has 0 fully saturated rings. The number of oxime groups is 1. The van der Waals surface area contributed by atoms with Crippen LogP contribution in [-0.4, -0.2) is 33.9 Å². The molecular formula is C18H21NO5. The number of nitrogens with zero attached hydrogens (tertiary/aromatic N) is 1. The molecular weight excluding hydrogens is 310 g/mol. The SMILES string of the molecule is CC(C)OC(=O)[C@@]1(O)C[C@@H](c2ccccc2)C2=C(O1)/C(=N/O)CC2. The Hall–Kier alpha value is -2.34. The van der Waals surface area contributed by atoms with E-state index in [-0.39, 0.29) is 18.4 Å². The molecule has 0 saturated carbocycles. The molecule has 1 heterocycles. The predicted molar refractivity (Wildman–Crippen MR) is 86.5 cm³/mol. The molecule has 0 aromatic heterocycles. The van der Waals surface area contributed by atoms with Crippen LogP contribution in [0.2, 0.25) is 0 Å². The van der Waals surface area contributed by atoms with E-state index in [9.17, 15) is 15.1 Å². The number of aliphatic hydroxyl groups is 1. The molecule has 2 aliphatic rings. The van der Waals surface area contributed by atoms with E-state index in [1.165, 1.54) is 0 Å². The molecule has 1 aromatic rings. The lowest BCUT2D eigenvalue weighted by Gasteiger charge is -2.36. The third kappa shape index (κ3) is 2.89. The summed E-state index contributed by atoms with van der Waals surface area (Å²) in [5, 5.41) is 23.3. The molecule has 0 amide bonds. The van der Waals surface area contributed by atoms with Crippen LogP contribution in [0.1, 0.15) is 44.6 Å². The van der Waals surface area contributed by atoms with Crippen molar-refractivity contribution in [2.75, 3.05) is 0 Å². The lowest BCUT2D eigenvalue weighted by Crippen LogP contribution is -2.47. The lowest BCUT2D eigenvalue weighted by molar-refractivity contribution is -0.223. The maximum Gasteiger partial charge on any atom is 0.379 e. The molecule has 6 heteroatoms. The summed E-state index contributed by atoms with van der Waals surface area (Å²) in [6.07, 6.45) is 0.883. The van der Waals surface area contributed by atoms with Crippen molar-refractivity contribution >= 4 is 11.7 Å². The number of allylic oxidation sites excluding steroid dienone is 2. The Morgan fingerprint density at radius 1 is 1.33 bits per heavy atom. The van der Waals surface area contributed by atoms with Gasteiger partial charge in [0.1, 0.15) is 11.5 Å². The molecule has 0 radical (unpaired) electrons. The summed E-state index contributed by atoms with van der Waals surface area (Å²) in [5.74, 6) is -2.81. The second kappa shape index (κ2) is 6.28. The van der Waals surface area contributed by atoms with Crippen LogP contribution in [0.25, 0.3) is 0 Å². The third-order valence-electron chi connectivity index (χ3n) is 4.34. The Morgan fingerprint density at radius 3 is 2.67 bits per heavy atom. The minimum absolute atomic E-state index is 0.0696. The zero-order valence-corrected chi connectivity index (χ0v) is 13.7. The van der Waals surface area contributed by atoms with E-state index in [2.05, 4.69) is 5.16 Å². The molecule has 24 heavy (non-hydrogen) atoms. The van der Waals surface area contributed by atoms with Gasteiger partial charge >= 0.3 is 11.8 Å². The van der Waals surface area contributed by atoms with Crippen LogP contribution in [0.3, 0.4) is 0 Å². The summed E-state index contributed by atoms with van der Waals surface area (Å²) < 4.78 is 10.7. The van der Waals surface area contributed by atoms with Crippen LogP contribution in [0.15, 0.2) is 46.8 Å². The number of esters is 1. The Labute approximate surface area is 140 Å². The van der Waals surface area contributed by atoms with Gasteiger partial charge in [-0.15, -0.1) is 0 Å². The van der Waals surface area contributed by atoms with Gasteiger partial charge in [0, 0.05) is 18.8 Å². The zero-order chi connectivity index (χ0) is 17.3. The van der Waals surface area contributed by atoms with Crippen LogP contribution in [0.5, 0.6) is 0 Å². The summed E-state index contributed by atoms with van der Waals surface area (Å²) in [5.41, 5.74) is 2.26. The average Bonchev–Trinajstić information content (AvgIpc) is 2.96. The zero-order valence-electron chi connectivity index (χ0n) is 13.7. The van der Waals surface area contributed by atoms with E-state index in [0.29, 0.717) is 24.3 Å². The average molecular weight is 331 g/mol. The smallest absolute Gasteiger partial charge is 0.379 e. The fourth-order valence-corrected chi connectivity index (χ4v) is 3.26. The van der Waals surface area contributed by atoms with Crippen LogP contribution in [-0.2, 0) is 14.3 Å². The second-order valence-corrected chi connectivity index (χ2v) is 6.41. The first-order valence-corrected chi connectivity index (χ1v) is 8.06. The van der Waals surface area contributed by atoms with Crippen LogP contribution in [0, 0.1) is 0 Å². The van der Waals surface area contributed by atoms with Crippen molar-refractivity contribution in [1.82, 2.24) is 0 Å². The minimum atomic E-state index is -2.09. The van der Waals surface area contributed by atoms with Gasteiger partial charge in [-0.1, -0.05) is 35.5 Å². The molecule has 2 N–H and O–H groups in total. The summed E-state index contributed by atoms with van der Waals surface area (Å²) >= 11 is 0. The standard InChI is InChI=1S/C18H21NO5/c1-11(2)23-17(20)18(21)10-14(12-6-4-3-5-7-12)13-8-9-15(19-22)16(13)24-18/h3-7,11,14,21-22H,8-10H2,1-2H3/b19-15+/t14-,18+/m0/s1. The van der Waals surface area contributed by atoms with E-state index in [0.717, 1.165) is 11.1 Å². The summed E-state index contributed by atoms with van der Waals surface area (Å²) in [4.78, 5) is 12.4. The Kier molecular flexibility index (Phi) is 4.32. The van der Waals surface area contributed by atoms with E-state index in [1.54, 1.807) is 13.8 Å². The minimum Gasteiger partial charge on any atom is -0.458 e. The van der Waals surface area contributed by atoms with Crippen LogP contribution in [0.4, 0.5) is 0 Å². The van der Waals surface area contributed by atoms with Gasteiger partial charge in [0.15, 0.2) is 0 Å². The van der Waals surface area contributed by atoms with Gasteiger partial charge in [-0.2, -0.15) is 0 Å². The van der Waals surface area contributed by atoms with Crippen molar-refractivity contribution in [3.63, 3.8) is 0 Å². The Bertz CT molecular complexity index is 695. The highest BCUT2D eigenvalue weighted by Gasteiger charge is 2.51. The van der Waals surface area contributed by atoms with Crippen molar-refractivity contribution in [2.24, 2.45) is 5.16 Å². The van der Waals surface area contributed by atoms with E-state index in [1.807, 2.05) is 30.3 Å². The number of ether oxygens (including phenoxy) is 2. The maximum atomic E-state index is 12.4. The maximum absolute atomic E-state index is 12.4. The first-order chi connectivity index (χ1) is 11.4. The molecule has 1 aromatic carbocycles. The van der Waals surface area contributed by atoms with Gasteiger partial charge < -0.3 is 19.8 Å². The Balaban J connectivity index is 2.02. The third-order valence-corrected chi connectivity index (χ3v) is 4.34. The van der Waals surface area contributed by atoms with Gasteiger partial charge in [-0.25, -0.2) is 4.79 Å². The van der Waals surface area contributed by atoms with Crippen molar-refractivity contribution in [1.29, 1.82) is 0 Å². The number of carbonyl (C=O) groups is 1. The van der Waals surface area contributed by atoms with Gasteiger partial charge in [0.2, 0.25) is 0 Å². The molecule has 1 aliphatic carbocycles. The number of hydrogen-bond acceptors (Lipinski definition) is 6. The van der Waals surface area contributed by atoms with Crippen molar-refractivity contribution in [2.45, 2.75) is 50.9 Å². The molecule has 0 saturated heterocycles. The molecule has 0 unspecified atom stereocenters. The first-order valence-electron chi connectivity index (χ1n) is 8.06. The molecule has 128 valence electrons. The monoisotopic (exact) mass is 331 g/mol. The number of benzene rings is 1. The number of carbonyl (C=O) groups excluding carboxylic acids is 1. The second-order valence-electron chi connectivity index (χ2n) is 6.41. The topological polar surface area (TPSA) is 88.4 Å². The number of rotatable bonds is 3. The molecule has 0 bridgehead atoms. The number of hydrogen-bond donors (Lipinski definition) is 2. The highest BCUT2D eigenvalue weighted by Crippen LogP contribution is 2.46. The van der Waals surface area contributed by atoms with E-state index < -0.39 is 11.8 Å². The molecule has 0 spiro atoms. The Morgan fingerprint density at radius 2 is 2.04 bits per heavy atom. The van der Waals surface area contributed by atoms with E-state index >= 15 is 0 Å². The molecule has 6 nitrogen and oxygen atoms in total. The normalized spacial score (nSPS) is 28.0. The highest BCUT2D eigenvalue weighted by atomic mass is 16.7. The van der Waals surface area contributed by atoms with Crippen LogP contribution < -0.4 is 0 Å². The summed E-state index contributed by atoms with van der Waals surface area (Å²) in [6, 6.07) is 9.62. The summed E-state index contributed by atoms with van der Waals surface area (Å²) in [6.45, 7) is 3.42. The van der Waals surface area contributed by atoms with Crippen molar-refractivity contribution < 1.29 is 24.6 Å². The summed E-state index contributed by atoms with van der Waals surface area (Å²) in [7, 11) is 0. The van der Waals surface area contributed by atoms with Gasteiger partial charge in [-0.05, 0) is 31.4 Å².